The highest BCUT2D eigenvalue weighted by Crippen LogP contribution is 1.94. The number of carbonyl (C=O) groups is 1. The zero-order valence-electron chi connectivity index (χ0n) is 8.50. The molecule has 0 spiro atoms. The van der Waals surface area contributed by atoms with Gasteiger partial charge in [-0.1, -0.05) is 6.07 Å². The third-order valence-electron chi connectivity index (χ3n) is 1.94. The van der Waals surface area contributed by atoms with Crippen molar-refractivity contribution in [2.24, 2.45) is 0 Å². The van der Waals surface area contributed by atoms with Crippen LogP contribution in [0.4, 0.5) is 0 Å². The minimum absolute atomic E-state index is 0.216. The van der Waals surface area contributed by atoms with Crippen molar-refractivity contribution in [3.05, 3.63) is 54.4 Å². The van der Waals surface area contributed by atoms with Gasteiger partial charge in [0, 0.05) is 18.6 Å². The van der Waals surface area contributed by atoms with E-state index in [1.54, 1.807) is 43.0 Å². The molecule has 0 atom stereocenters. The minimum atomic E-state index is -0.216. The van der Waals surface area contributed by atoms with Gasteiger partial charge in [0.2, 0.25) is 0 Å². The summed E-state index contributed by atoms with van der Waals surface area (Å²) < 4.78 is 0. The van der Waals surface area contributed by atoms with Crippen LogP contribution in [0.15, 0.2) is 43.0 Å². The Kier molecular flexibility index (Phi) is 3.18. The van der Waals surface area contributed by atoms with E-state index in [0.29, 0.717) is 17.9 Å². The average Bonchev–Trinajstić information content (AvgIpc) is 2.38. The van der Waals surface area contributed by atoms with Gasteiger partial charge in [0.25, 0.3) is 5.91 Å². The fraction of sp³-hybridized carbons (Fsp3) is 0.0909. The minimum Gasteiger partial charge on any atom is -0.345 e. The van der Waals surface area contributed by atoms with Crippen molar-refractivity contribution in [1.82, 2.24) is 20.3 Å². The molecule has 0 aromatic carbocycles. The zero-order valence-corrected chi connectivity index (χ0v) is 8.50. The Hall–Kier alpha value is -2.30. The number of rotatable bonds is 3. The molecule has 0 aliphatic rings. The normalized spacial score (nSPS) is 9.75. The molecular weight excluding hydrogens is 204 g/mol. The number of pyridine rings is 1. The summed E-state index contributed by atoms with van der Waals surface area (Å²) in [6.07, 6.45) is 6.36. The van der Waals surface area contributed by atoms with Crippen molar-refractivity contribution < 1.29 is 4.79 Å². The predicted molar refractivity (Wildman–Crippen MR) is 57.4 cm³/mol. The summed E-state index contributed by atoms with van der Waals surface area (Å²) in [5.74, 6) is -0.216. The van der Waals surface area contributed by atoms with Crippen LogP contribution < -0.4 is 5.32 Å². The van der Waals surface area contributed by atoms with E-state index in [0.717, 1.165) is 0 Å². The molecule has 2 rings (SSSR count). The quantitative estimate of drug-likeness (QED) is 0.820. The SMILES string of the molecule is O=C(NCc1cnccn1)c1ccccn1. The molecule has 5 nitrogen and oxygen atoms in total. The molecule has 1 amide bonds. The van der Waals surface area contributed by atoms with Gasteiger partial charge in [0.05, 0.1) is 18.4 Å². The highest BCUT2D eigenvalue weighted by Gasteiger charge is 2.05. The van der Waals surface area contributed by atoms with Crippen molar-refractivity contribution in [3.63, 3.8) is 0 Å². The molecule has 0 bridgehead atoms. The third kappa shape index (κ3) is 2.60. The predicted octanol–water partition coefficient (Wildman–Crippen LogP) is 0.802. The van der Waals surface area contributed by atoms with E-state index in [1.807, 2.05) is 0 Å². The fourth-order valence-corrected chi connectivity index (χ4v) is 1.18. The van der Waals surface area contributed by atoms with E-state index in [-0.39, 0.29) is 5.91 Å². The summed E-state index contributed by atoms with van der Waals surface area (Å²) in [4.78, 5) is 23.5. The Morgan fingerprint density at radius 2 is 2.12 bits per heavy atom. The van der Waals surface area contributed by atoms with Gasteiger partial charge in [-0.25, -0.2) is 0 Å². The lowest BCUT2D eigenvalue weighted by molar-refractivity contribution is 0.0945. The van der Waals surface area contributed by atoms with E-state index in [1.165, 1.54) is 0 Å². The van der Waals surface area contributed by atoms with Crippen LogP contribution in [0.25, 0.3) is 0 Å². The third-order valence-corrected chi connectivity index (χ3v) is 1.94. The van der Waals surface area contributed by atoms with Gasteiger partial charge < -0.3 is 5.32 Å². The summed E-state index contributed by atoms with van der Waals surface area (Å²) >= 11 is 0. The molecule has 80 valence electrons. The van der Waals surface area contributed by atoms with E-state index in [4.69, 9.17) is 0 Å². The maximum absolute atomic E-state index is 11.6. The summed E-state index contributed by atoms with van der Waals surface area (Å²) in [6, 6.07) is 5.19. The number of aromatic nitrogens is 3. The van der Waals surface area contributed by atoms with Gasteiger partial charge in [-0.3, -0.25) is 19.7 Å². The van der Waals surface area contributed by atoms with E-state index < -0.39 is 0 Å². The molecule has 0 radical (unpaired) electrons. The van der Waals surface area contributed by atoms with Crippen molar-refractivity contribution in [3.8, 4) is 0 Å². The fourth-order valence-electron chi connectivity index (χ4n) is 1.18. The first-order valence-electron chi connectivity index (χ1n) is 4.80. The van der Waals surface area contributed by atoms with Crippen LogP contribution in [0.1, 0.15) is 16.2 Å². The molecule has 2 aromatic heterocycles. The number of nitrogens with zero attached hydrogens (tertiary/aromatic N) is 3. The van der Waals surface area contributed by atoms with Crippen molar-refractivity contribution >= 4 is 5.91 Å². The van der Waals surface area contributed by atoms with Crippen LogP contribution >= 0.6 is 0 Å². The summed E-state index contributed by atoms with van der Waals surface area (Å²) in [6.45, 7) is 0.350. The average molecular weight is 214 g/mol. The summed E-state index contributed by atoms with van der Waals surface area (Å²) in [7, 11) is 0. The standard InChI is InChI=1S/C11H10N4O/c16-11(10-3-1-2-4-14-10)15-8-9-7-12-5-6-13-9/h1-7H,8H2,(H,15,16). The molecule has 0 saturated carbocycles. The molecule has 2 heterocycles. The van der Waals surface area contributed by atoms with Crippen LogP contribution in [-0.4, -0.2) is 20.9 Å². The zero-order chi connectivity index (χ0) is 11.2. The Balaban J connectivity index is 1.95. The van der Waals surface area contributed by atoms with Crippen LogP contribution in [0, 0.1) is 0 Å². The molecule has 5 heteroatoms. The Labute approximate surface area is 92.6 Å². The second kappa shape index (κ2) is 4.97. The molecule has 0 fully saturated rings. The van der Waals surface area contributed by atoms with Crippen LogP contribution in [0.2, 0.25) is 0 Å². The van der Waals surface area contributed by atoms with Gasteiger partial charge >= 0.3 is 0 Å². The lowest BCUT2D eigenvalue weighted by Crippen LogP contribution is -2.24. The van der Waals surface area contributed by atoms with Gasteiger partial charge in [-0.05, 0) is 12.1 Å². The molecule has 16 heavy (non-hydrogen) atoms. The molecule has 0 aliphatic carbocycles. The lowest BCUT2D eigenvalue weighted by Gasteiger charge is -2.02. The maximum atomic E-state index is 11.6. The molecule has 0 aliphatic heterocycles. The number of carbonyl (C=O) groups excluding carboxylic acids is 1. The van der Waals surface area contributed by atoms with Crippen molar-refractivity contribution in [1.29, 1.82) is 0 Å². The molecule has 2 aromatic rings. The second-order valence-corrected chi connectivity index (χ2v) is 3.09. The van der Waals surface area contributed by atoms with Crippen molar-refractivity contribution in [2.45, 2.75) is 6.54 Å². The van der Waals surface area contributed by atoms with Gasteiger partial charge in [0.1, 0.15) is 5.69 Å². The summed E-state index contributed by atoms with van der Waals surface area (Å²) in [5, 5.41) is 2.71. The highest BCUT2D eigenvalue weighted by atomic mass is 16.1. The first-order chi connectivity index (χ1) is 7.86. The monoisotopic (exact) mass is 214 g/mol. The van der Waals surface area contributed by atoms with Crippen LogP contribution in [0.5, 0.6) is 0 Å². The van der Waals surface area contributed by atoms with Crippen LogP contribution in [-0.2, 0) is 6.54 Å². The van der Waals surface area contributed by atoms with Crippen LogP contribution in [0.3, 0.4) is 0 Å². The smallest absolute Gasteiger partial charge is 0.270 e. The molecule has 0 saturated heterocycles. The second-order valence-electron chi connectivity index (χ2n) is 3.09. The van der Waals surface area contributed by atoms with E-state index in [9.17, 15) is 4.79 Å². The Morgan fingerprint density at radius 1 is 1.19 bits per heavy atom. The molecular formula is C11H10N4O. The highest BCUT2D eigenvalue weighted by molar-refractivity contribution is 5.92. The van der Waals surface area contributed by atoms with Crippen molar-refractivity contribution in [2.75, 3.05) is 0 Å². The first-order valence-corrected chi connectivity index (χ1v) is 4.80. The Morgan fingerprint density at radius 3 is 2.81 bits per heavy atom. The lowest BCUT2D eigenvalue weighted by atomic mass is 10.3. The number of amides is 1. The number of nitrogens with one attached hydrogen (secondary N) is 1. The van der Waals surface area contributed by atoms with Gasteiger partial charge in [0.15, 0.2) is 0 Å². The largest absolute Gasteiger partial charge is 0.345 e. The van der Waals surface area contributed by atoms with E-state index in [2.05, 4.69) is 20.3 Å². The first kappa shape index (κ1) is 10.2. The van der Waals surface area contributed by atoms with E-state index >= 15 is 0 Å². The van der Waals surface area contributed by atoms with Gasteiger partial charge in [-0.15, -0.1) is 0 Å². The Bertz CT molecular complexity index is 458. The maximum Gasteiger partial charge on any atom is 0.270 e. The van der Waals surface area contributed by atoms with Gasteiger partial charge in [-0.2, -0.15) is 0 Å². The number of hydrogen-bond donors (Lipinski definition) is 1. The molecule has 1 N–H and O–H groups in total. The number of hydrogen-bond acceptors (Lipinski definition) is 4. The topological polar surface area (TPSA) is 67.8 Å². The summed E-state index contributed by atoms with van der Waals surface area (Å²) in [5.41, 5.74) is 1.11. The molecule has 0 unspecified atom stereocenters.